The summed E-state index contributed by atoms with van der Waals surface area (Å²) in [4.78, 5) is 30.1. The van der Waals surface area contributed by atoms with E-state index in [-0.39, 0.29) is 12.5 Å². The predicted octanol–water partition coefficient (Wildman–Crippen LogP) is 7.15. The van der Waals surface area contributed by atoms with Crippen LogP contribution in [-0.2, 0) is 16.0 Å². The molecule has 2 N–H and O–H groups in total. The summed E-state index contributed by atoms with van der Waals surface area (Å²) in [7, 11) is 3.23. The van der Waals surface area contributed by atoms with E-state index in [0.717, 1.165) is 49.2 Å². The van der Waals surface area contributed by atoms with E-state index in [4.69, 9.17) is 9.47 Å². The molecule has 234 valence electrons. The number of aliphatic carboxylic acids is 1. The van der Waals surface area contributed by atoms with E-state index in [0.29, 0.717) is 18.7 Å². The molecule has 45 heavy (non-hydrogen) atoms. The average molecular weight is 644 g/mol. The van der Waals surface area contributed by atoms with Gasteiger partial charge in [-0.05, 0) is 116 Å². The summed E-state index contributed by atoms with van der Waals surface area (Å²) < 4.78 is 15.7. The Kier molecular flexibility index (Phi) is 10.1. The summed E-state index contributed by atoms with van der Waals surface area (Å²) in [6, 6.07) is 24.6. The number of carboxylic acids is 1. The van der Waals surface area contributed by atoms with E-state index in [1.165, 1.54) is 29.5 Å². The molecule has 0 aliphatic carbocycles. The van der Waals surface area contributed by atoms with Crippen molar-refractivity contribution in [3.63, 3.8) is 0 Å². The number of amides is 1. The monoisotopic (exact) mass is 643 g/mol. The molecule has 5 rings (SSSR count). The van der Waals surface area contributed by atoms with Gasteiger partial charge >= 0.3 is 5.97 Å². The van der Waals surface area contributed by atoms with E-state index in [1.54, 1.807) is 14.2 Å². The Morgan fingerprint density at radius 2 is 1.62 bits per heavy atom. The van der Waals surface area contributed by atoms with Gasteiger partial charge in [0.1, 0.15) is 24.1 Å². The zero-order valence-corrected chi connectivity index (χ0v) is 27.6. The van der Waals surface area contributed by atoms with Gasteiger partial charge in [-0.15, -0.1) is 0 Å². The van der Waals surface area contributed by atoms with Crippen LogP contribution in [0.2, 0.25) is 0 Å². The van der Waals surface area contributed by atoms with Crippen molar-refractivity contribution in [1.29, 1.82) is 0 Å². The smallest absolute Gasteiger partial charge is 0.324 e. The molecule has 4 aromatic carbocycles. The van der Waals surface area contributed by atoms with Gasteiger partial charge in [-0.3, -0.25) is 14.3 Å². The van der Waals surface area contributed by atoms with Gasteiger partial charge in [-0.2, -0.15) is 0 Å². The van der Waals surface area contributed by atoms with E-state index in [9.17, 15) is 14.7 Å². The number of fused-ring (bicyclic) bond motifs is 1. The van der Waals surface area contributed by atoms with E-state index >= 15 is 0 Å². The summed E-state index contributed by atoms with van der Waals surface area (Å²) in [5, 5.41) is 9.91. The van der Waals surface area contributed by atoms with Crippen LogP contribution in [-0.4, -0.2) is 44.3 Å². The number of ether oxygens (including phenoxy) is 2. The zero-order valence-electron chi connectivity index (χ0n) is 26.0. The number of nitrogens with zero attached hydrogens (tertiary/aromatic N) is 2. The normalized spacial score (nSPS) is 12.8. The van der Waals surface area contributed by atoms with Gasteiger partial charge < -0.3 is 23.8 Å². The molecule has 1 aliphatic heterocycles. The highest BCUT2D eigenvalue weighted by molar-refractivity contribution is 8.00. The number of carbonyl (C=O) groups excluding carboxylic acids is 1. The molecule has 0 spiro atoms. The summed E-state index contributed by atoms with van der Waals surface area (Å²) in [5.74, 6) is 0.313. The molecule has 0 bridgehead atoms. The molecule has 1 amide bonds. The Labute approximate surface area is 273 Å². The highest BCUT2D eigenvalue weighted by atomic mass is 32.2. The summed E-state index contributed by atoms with van der Waals surface area (Å²) in [5.41, 5.74) is 6.91. The molecule has 10 heteroatoms. The maximum Gasteiger partial charge on any atom is 0.324 e. The largest absolute Gasteiger partial charge is 0.497 e. The van der Waals surface area contributed by atoms with Crippen molar-refractivity contribution in [2.45, 2.75) is 43.0 Å². The van der Waals surface area contributed by atoms with Gasteiger partial charge in [0.15, 0.2) is 0 Å². The van der Waals surface area contributed by atoms with Crippen molar-refractivity contribution in [3.05, 3.63) is 107 Å². The average Bonchev–Trinajstić information content (AvgIpc) is 3.45. The van der Waals surface area contributed by atoms with Crippen molar-refractivity contribution in [3.8, 4) is 11.5 Å². The Morgan fingerprint density at radius 3 is 2.29 bits per heavy atom. The number of nitrogens with one attached hydrogen (secondary N) is 1. The van der Waals surface area contributed by atoms with Crippen LogP contribution in [0, 0.1) is 20.8 Å². The molecule has 0 radical (unpaired) electrons. The fourth-order valence-electron chi connectivity index (χ4n) is 5.75. The minimum atomic E-state index is -0.915. The molecule has 4 aromatic rings. The third kappa shape index (κ3) is 7.34. The predicted molar refractivity (Wildman–Crippen MR) is 182 cm³/mol. The van der Waals surface area contributed by atoms with Gasteiger partial charge in [0.2, 0.25) is 0 Å². The molecule has 1 aliphatic rings. The molecular formula is C35H37N3O5S2. The third-order valence-corrected chi connectivity index (χ3v) is 9.87. The highest BCUT2D eigenvalue weighted by Gasteiger charge is 2.35. The first-order valence-electron chi connectivity index (χ1n) is 14.6. The number of carboxylic acid groups (broad SMARTS) is 1. The number of aryl methyl sites for hydroxylation is 3. The van der Waals surface area contributed by atoms with Crippen LogP contribution < -0.4 is 23.4 Å². The van der Waals surface area contributed by atoms with E-state index < -0.39 is 12.0 Å². The molecule has 0 saturated carbocycles. The number of rotatable bonds is 12. The third-order valence-electron chi connectivity index (χ3n) is 7.69. The van der Waals surface area contributed by atoms with Crippen molar-refractivity contribution in [2.75, 3.05) is 36.5 Å². The number of hydrogen-bond acceptors (Lipinski definition) is 8. The summed E-state index contributed by atoms with van der Waals surface area (Å²) in [6.07, 6.45) is 0.660. The molecule has 0 saturated heterocycles. The first kappa shape index (κ1) is 32.1. The Hall–Kier alpha value is -4.28. The number of benzene rings is 4. The first-order chi connectivity index (χ1) is 21.7. The topological polar surface area (TPSA) is 91.3 Å². The van der Waals surface area contributed by atoms with Gasteiger partial charge in [0.05, 0.1) is 19.9 Å². The summed E-state index contributed by atoms with van der Waals surface area (Å²) >= 11 is 2.70. The number of hydrogen-bond donors (Lipinski definition) is 2. The molecule has 1 atom stereocenters. The lowest BCUT2D eigenvalue weighted by atomic mass is 10.0. The van der Waals surface area contributed by atoms with E-state index in [2.05, 4.69) is 42.5 Å². The van der Waals surface area contributed by atoms with Crippen LogP contribution in [0.4, 0.5) is 11.4 Å². The minimum absolute atomic E-state index is 0.174. The lowest BCUT2D eigenvalue weighted by Gasteiger charge is -2.31. The second-order valence-corrected chi connectivity index (χ2v) is 12.8. The van der Waals surface area contributed by atoms with Crippen LogP contribution in [0.15, 0.2) is 88.7 Å². The summed E-state index contributed by atoms with van der Waals surface area (Å²) in [6.45, 7) is 6.58. The van der Waals surface area contributed by atoms with Crippen molar-refractivity contribution in [1.82, 2.24) is 4.72 Å². The Bertz CT molecular complexity index is 1670. The zero-order chi connectivity index (χ0) is 32.1. The quantitative estimate of drug-likeness (QED) is 0.156. The first-order valence-corrected chi connectivity index (χ1v) is 16.2. The van der Waals surface area contributed by atoms with Crippen molar-refractivity contribution < 1.29 is 24.2 Å². The van der Waals surface area contributed by atoms with Crippen molar-refractivity contribution in [2.24, 2.45) is 0 Å². The molecule has 0 aromatic heterocycles. The van der Waals surface area contributed by atoms with Crippen molar-refractivity contribution >= 4 is 47.1 Å². The van der Waals surface area contributed by atoms with Crippen LogP contribution in [0.25, 0.3) is 0 Å². The standard InChI is InChI=1S/C35H37N3O5S2/c1-22-18-23(2)34(24(3)19-22)45-38(21-32(39)40)31-11-7-10-30-29(31)16-17-37(30)33(25-8-6-9-27(20-25)43-5)35(41)36-44-28-14-12-26(42-4)13-15-28/h6-15,18-20,33H,16-17,21H2,1-5H3,(H,36,41)(H,39,40). The van der Waals surface area contributed by atoms with Gasteiger partial charge in [0.25, 0.3) is 5.91 Å². The van der Waals surface area contributed by atoms with Crippen LogP contribution >= 0.6 is 23.9 Å². The Morgan fingerprint density at radius 1 is 0.933 bits per heavy atom. The molecule has 1 unspecified atom stereocenters. The van der Waals surface area contributed by atoms with Gasteiger partial charge in [0, 0.05) is 27.6 Å². The van der Waals surface area contributed by atoms with Crippen LogP contribution in [0.1, 0.15) is 33.9 Å². The maximum absolute atomic E-state index is 14.0. The van der Waals surface area contributed by atoms with Gasteiger partial charge in [-0.25, -0.2) is 0 Å². The molecular weight excluding hydrogens is 607 g/mol. The number of carbonyl (C=O) groups is 2. The lowest BCUT2D eigenvalue weighted by Crippen LogP contribution is -2.37. The Balaban J connectivity index is 1.50. The van der Waals surface area contributed by atoms with Crippen LogP contribution in [0.3, 0.4) is 0 Å². The molecule has 0 fully saturated rings. The second-order valence-electron chi connectivity index (χ2n) is 10.9. The maximum atomic E-state index is 14.0. The number of methoxy groups -OCH3 is 2. The number of anilines is 2. The molecule has 8 nitrogen and oxygen atoms in total. The van der Waals surface area contributed by atoms with E-state index in [1.807, 2.05) is 71.0 Å². The highest BCUT2D eigenvalue weighted by Crippen LogP contribution is 2.44. The van der Waals surface area contributed by atoms with Gasteiger partial charge in [-0.1, -0.05) is 35.9 Å². The minimum Gasteiger partial charge on any atom is -0.497 e. The van der Waals surface area contributed by atoms with Crippen LogP contribution in [0.5, 0.6) is 11.5 Å². The fraction of sp³-hybridized carbons (Fsp3) is 0.257. The SMILES string of the molecule is COc1ccc(SNC(=O)C(c2cccc(OC)c2)N2CCc3c(N(CC(=O)O)Sc4c(C)cc(C)cc4C)cccc32)cc1. The second kappa shape index (κ2) is 14.2. The fourth-order valence-corrected chi connectivity index (χ4v) is 7.42. The molecule has 1 heterocycles. The lowest BCUT2D eigenvalue weighted by molar-refractivity contribution is -0.135.